The highest BCUT2D eigenvalue weighted by molar-refractivity contribution is 7.70. The molecule has 0 radical (unpaired) electrons. The number of aryl methyl sites for hydroxylation is 1. The number of Topliss-reactive ketones (excluding diaryl/α,β-unsaturated/α-hetero) is 1. The first kappa shape index (κ1) is 17.4. The number of ether oxygens (including phenoxy) is 1. The number of rotatable bonds is 7. The van der Waals surface area contributed by atoms with E-state index in [4.69, 9.17) is 4.74 Å². The van der Waals surface area contributed by atoms with Gasteiger partial charge in [0.1, 0.15) is 5.75 Å². The Morgan fingerprint density at radius 1 is 1.12 bits per heavy atom. The molecule has 0 bridgehead atoms. The second-order valence-electron chi connectivity index (χ2n) is 6.81. The Labute approximate surface area is 144 Å². The highest BCUT2D eigenvalue weighted by Gasteiger charge is 2.26. The van der Waals surface area contributed by atoms with Gasteiger partial charge in [-0.2, -0.15) is 0 Å². The van der Waals surface area contributed by atoms with E-state index in [2.05, 4.69) is 4.72 Å². The summed E-state index contributed by atoms with van der Waals surface area (Å²) in [5.41, 5.74) is 1.94. The fourth-order valence-corrected chi connectivity index (χ4v) is 4.25. The molecule has 1 aromatic carbocycles. The van der Waals surface area contributed by atoms with Crippen molar-refractivity contribution in [2.75, 3.05) is 13.2 Å². The van der Waals surface area contributed by atoms with E-state index >= 15 is 0 Å². The van der Waals surface area contributed by atoms with Crippen molar-refractivity contribution in [2.24, 2.45) is 11.8 Å². The van der Waals surface area contributed by atoms with Crippen LogP contribution in [0.4, 0.5) is 0 Å². The Kier molecular flexibility index (Phi) is 5.89. The maximum Gasteiger partial charge on any atom is 0.201 e. The van der Waals surface area contributed by atoms with Crippen LogP contribution in [0.5, 0.6) is 5.75 Å². The molecule has 2 aliphatic rings. The van der Waals surface area contributed by atoms with Crippen LogP contribution in [0.25, 0.3) is 0 Å². The summed E-state index contributed by atoms with van der Waals surface area (Å²) in [5.74, 6) is 1.93. The third-order valence-electron chi connectivity index (χ3n) is 5.29. The van der Waals surface area contributed by atoms with E-state index in [9.17, 15) is 13.2 Å². The van der Waals surface area contributed by atoms with Crippen LogP contribution in [-0.4, -0.2) is 27.4 Å². The van der Waals surface area contributed by atoms with Gasteiger partial charge in [-0.25, -0.2) is 13.1 Å². The summed E-state index contributed by atoms with van der Waals surface area (Å²) in [4.78, 5) is 11.8. The summed E-state index contributed by atoms with van der Waals surface area (Å²) in [5, 5.41) is 0. The van der Waals surface area contributed by atoms with E-state index in [-0.39, 0.29) is 5.78 Å². The second-order valence-corrected chi connectivity index (χ2v) is 7.64. The zero-order valence-corrected chi connectivity index (χ0v) is 14.7. The largest absolute Gasteiger partial charge is 0.493 e. The highest BCUT2D eigenvalue weighted by Crippen LogP contribution is 2.33. The van der Waals surface area contributed by atoms with Crippen LogP contribution in [0.15, 0.2) is 18.2 Å². The van der Waals surface area contributed by atoms with Crippen LogP contribution in [0.2, 0.25) is 0 Å². The summed E-state index contributed by atoms with van der Waals surface area (Å²) in [7, 11) is -2.51. The number of hydrogen-bond donors (Lipinski definition) is 2. The molecule has 1 aromatic rings. The molecular weight excluding hydrogens is 326 g/mol. The molecule has 132 valence electrons. The smallest absolute Gasteiger partial charge is 0.201 e. The van der Waals surface area contributed by atoms with Crippen LogP contribution < -0.4 is 9.46 Å². The molecule has 1 N–H and O–H groups in total. The van der Waals surface area contributed by atoms with Gasteiger partial charge in [0, 0.05) is 18.5 Å². The molecular formula is C18H25NO4S. The zero-order chi connectivity index (χ0) is 16.9. The summed E-state index contributed by atoms with van der Waals surface area (Å²) in [6.07, 6.45) is 6.98. The van der Waals surface area contributed by atoms with Gasteiger partial charge in [0.05, 0.1) is 6.61 Å². The molecule has 0 spiro atoms. The Hall–Kier alpha value is -1.40. The van der Waals surface area contributed by atoms with Gasteiger partial charge >= 0.3 is 0 Å². The SMILES string of the molecule is O=C1CCc2ccc(OCC3CCCCC3CCN[SH](=O)=O)cc21. The number of fused-ring (bicyclic) bond motifs is 1. The second kappa shape index (κ2) is 8.12. The van der Waals surface area contributed by atoms with Gasteiger partial charge in [0.25, 0.3) is 0 Å². The van der Waals surface area contributed by atoms with Gasteiger partial charge in [0.15, 0.2) is 5.78 Å². The van der Waals surface area contributed by atoms with Gasteiger partial charge in [-0.15, -0.1) is 0 Å². The lowest BCUT2D eigenvalue weighted by Crippen LogP contribution is -2.28. The molecule has 1 fully saturated rings. The number of ketones is 1. The number of nitrogens with one attached hydrogen (secondary N) is 1. The number of benzene rings is 1. The van der Waals surface area contributed by atoms with Gasteiger partial charge in [0.2, 0.25) is 10.9 Å². The lowest BCUT2D eigenvalue weighted by atomic mass is 9.78. The van der Waals surface area contributed by atoms with Crippen LogP contribution in [0, 0.1) is 11.8 Å². The van der Waals surface area contributed by atoms with E-state index in [1.165, 1.54) is 12.8 Å². The van der Waals surface area contributed by atoms with Crippen molar-refractivity contribution in [1.29, 1.82) is 0 Å². The normalized spacial score (nSPS) is 23.5. The molecule has 3 rings (SSSR count). The first-order chi connectivity index (χ1) is 11.6. The van der Waals surface area contributed by atoms with Gasteiger partial charge in [-0.3, -0.25) is 4.79 Å². The minimum atomic E-state index is -2.51. The molecule has 0 saturated heterocycles. The monoisotopic (exact) mass is 351 g/mol. The average Bonchev–Trinajstić information content (AvgIpc) is 2.94. The van der Waals surface area contributed by atoms with Crippen molar-refractivity contribution in [1.82, 2.24) is 4.72 Å². The Balaban J connectivity index is 1.56. The Morgan fingerprint density at radius 3 is 2.71 bits per heavy atom. The van der Waals surface area contributed by atoms with Crippen molar-refractivity contribution in [3.63, 3.8) is 0 Å². The Morgan fingerprint density at radius 2 is 1.92 bits per heavy atom. The van der Waals surface area contributed by atoms with Crippen LogP contribution in [-0.2, 0) is 17.3 Å². The molecule has 2 aliphatic carbocycles. The third kappa shape index (κ3) is 4.36. The van der Waals surface area contributed by atoms with Crippen molar-refractivity contribution >= 4 is 16.7 Å². The van der Waals surface area contributed by atoms with Crippen LogP contribution in [0.3, 0.4) is 0 Å². The molecule has 0 aliphatic heterocycles. The minimum absolute atomic E-state index is 0.212. The van der Waals surface area contributed by atoms with E-state index in [1.807, 2.05) is 18.2 Å². The number of carbonyl (C=O) groups is 1. The van der Waals surface area contributed by atoms with Crippen molar-refractivity contribution in [3.05, 3.63) is 29.3 Å². The van der Waals surface area contributed by atoms with Crippen molar-refractivity contribution in [3.8, 4) is 5.75 Å². The predicted molar refractivity (Wildman–Crippen MR) is 93.0 cm³/mol. The molecule has 6 heteroatoms. The first-order valence-corrected chi connectivity index (χ1v) is 9.98. The third-order valence-corrected chi connectivity index (χ3v) is 5.77. The highest BCUT2D eigenvalue weighted by atomic mass is 32.2. The summed E-state index contributed by atoms with van der Waals surface area (Å²) in [6, 6.07) is 5.84. The summed E-state index contributed by atoms with van der Waals surface area (Å²) in [6.45, 7) is 1.15. The topological polar surface area (TPSA) is 72.5 Å². The molecule has 5 nitrogen and oxygen atoms in total. The molecule has 24 heavy (non-hydrogen) atoms. The molecule has 0 heterocycles. The number of thiol groups is 1. The number of hydrogen-bond acceptors (Lipinski definition) is 4. The lowest BCUT2D eigenvalue weighted by molar-refractivity contribution is 0.0993. The molecule has 0 amide bonds. The maximum absolute atomic E-state index is 11.8. The summed E-state index contributed by atoms with van der Waals surface area (Å²) < 4.78 is 29.7. The molecule has 0 aromatic heterocycles. The standard InChI is InChI=1S/C18H25NO4S/c20-18-8-6-14-5-7-16(11-17(14)18)23-12-15-4-2-1-3-13(15)9-10-19-24(21)22/h5,7,11,13,15,24H,1-4,6,8-10,12H2,(H,19,21,22). The van der Waals surface area contributed by atoms with Gasteiger partial charge < -0.3 is 4.74 Å². The summed E-state index contributed by atoms with van der Waals surface area (Å²) >= 11 is 0. The number of carbonyl (C=O) groups excluding carboxylic acids is 1. The zero-order valence-electron chi connectivity index (χ0n) is 13.8. The predicted octanol–water partition coefficient (Wildman–Crippen LogP) is 2.51. The minimum Gasteiger partial charge on any atom is -0.493 e. The quantitative estimate of drug-likeness (QED) is 0.741. The van der Waals surface area contributed by atoms with Gasteiger partial charge in [-0.1, -0.05) is 25.3 Å². The van der Waals surface area contributed by atoms with Crippen molar-refractivity contribution < 1.29 is 17.9 Å². The van der Waals surface area contributed by atoms with Crippen molar-refractivity contribution in [2.45, 2.75) is 44.9 Å². The van der Waals surface area contributed by atoms with E-state index < -0.39 is 10.9 Å². The Bertz CT molecular complexity index is 663. The van der Waals surface area contributed by atoms with E-state index in [0.717, 1.165) is 42.6 Å². The average molecular weight is 351 g/mol. The van der Waals surface area contributed by atoms with E-state index in [1.54, 1.807) is 0 Å². The molecule has 2 unspecified atom stereocenters. The first-order valence-electron chi connectivity index (χ1n) is 8.80. The maximum atomic E-state index is 11.8. The molecule has 2 atom stereocenters. The van der Waals surface area contributed by atoms with E-state index in [0.29, 0.717) is 31.4 Å². The van der Waals surface area contributed by atoms with Crippen LogP contribution >= 0.6 is 0 Å². The van der Waals surface area contributed by atoms with Crippen LogP contribution in [0.1, 0.15) is 54.4 Å². The lowest BCUT2D eigenvalue weighted by Gasteiger charge is -2.31. The fraction of sp³-hybridized carbons (Fsp3) is 0.611. The molecule has 1 saturated carbocycles. The fourth-order valence-electron chi connectivity index (χ4n) is 3.93. The van der Waals surface area contributed by atoms with Gasteiger partial charge in [-0.05, 0) is 48.8 Å².